The van der Waals surface area contributed by atoms with Crippen molar-refractivity contribution in [2.24, 2.45) is 0 Å². The quantitative estimate of drug-likeness (QED) is 0.876. The monoisotopic (exact) mass is 292 g/mol. The fourth-order valence-electron chi connectivity index (χ4n) is 1.33. The van der Waals surface area contributed by atoms with E-state index in [0.717, 1.165) is 6.54 Å². The lowest BCUT2D eigenvalue weighted by Gasteiger charge is -2.14. The lowest BCUT2D eigenvalue weighted by molar-refractivity contribution is -0.117. The van der Waals surface area contributed by atoms with Gasteiger partial charge in [-0.05, 0) is 31.8 Å². The summed E-state index contributed by atoms with van der Waals surface area (Å²) in [4.78, 5) is 13.4. The first-order valence-electron chi connectivity index (χ1n) is 5.65. The topological polar surface area (TPSA) is 41.6 Å². The number of carbonyl (C=O) groups is 1. The maximum Gasteiger partial charge on any atom is 0.387 e. The van der Waals surface area contributed by atoms with Gasteiger partial charge in [-0.1, -0.05) is 18.5 Å². The lowest BCUT2D eigenvalue weighted by Crippen LogP contribution is -2.29. The van der Waals surface area contributed by atoms with Crippen molar-refractivity contribution in [1.82, 2.24) is 4.90 Å². The molecule has 0 bridgehead atoms. The molecule has 7 heteroatoms. The van der Waals surface area contributed by atoms with Crippen molar-refractivity contribution >= 4 is 23.2 Å². The third-order valence-corrected chi connectivity index (χ3v) is 2.68. The van der Waals surface area contributed by atoms with Gasteiger partial charge in [0.2, 0.25) is 5.91 Å². The molecule has 1 amide bonds. The van der Waals surface area contributed by atoms with Gasteiger partial charge < -0.3 is 10.1 Å². The van der Waals surface area contributed by atoms with E-state index < -0.39 is 6.61 Å². The summed E-state index contributed by atoms with van der Waals surface area (Å²) in [7, 11) is 1.81. The fourth-order valence-corrected chi connectivity index (χ4v) is 1.55. The number of carbonyl (C=O) groups excluding carboxylic acids is 1. The number of nitrogens with zero attached hydrogens (tertiary/aromatic N) is 1. The molecule has 0 aliphatic heterocycles. The van der Waals surface area contributed by atoms with Gasteiger partial charge in [-0.3, -0.25) is 9.69 Å². The zero-order valence-corrected chi connectivity index (χ0v) is 11.4. The predicted octanol–water partition coefficient (Wildman–Crippen LogP) is 2.83. The third kappa shape index (κ3) is 5.40. The number of halogens is 3. The van der Waals surface area contributed by atoms with Crippen LogP contribution < -0.4 is 10.1 Å². The molecule has 1 rings (SSSR count). The van der Waals surface area contributed by atoms with E-state index in [9.17, 15) is 13.6 Å². The van der Waals surface area contributed by atoms with Crippen LogP contribution in [0.3, 0.4) is 0 Å². The maximum absolute atomic E-state index is 12.0. The van der Waals surface area contributed by atoms with Crippen LogP contribution in [0.5, 0.6) is 5.75 Å². The summed E-state index contributed by atoms with van der Waals surface area (Å²) in [6, 6.07) is 4.10. The number of hydrogen-bond donors (Lipinski definition) is 1. The Hall–Kier alpha value is -1.40. The number of amides is 1. The zero-order valence-electron chi connectivity index (χ0n) is 10.6. The normalized spacial score (nSPS) is 10.9. The smallest absolute Gasteiger partial charge is 0.387 e. The van der Waals surface area contributed by atoms with Gasteiger partial charge in [-0.15, -0.1) is 0 Å². The van der Waals surface area contributed by atoms with Crippen LogP contribution in [0.15, 0.2) is 18.2 Å². The fraction of sp³-hybridized carbons (Fsp3) is 0.417. The maximum atomic E-state index is 12.0. The number of anilines is 1. The van der Waals surface area contributed by atoms with Crippen molar-refractivity contribution in [2.75, 3.05) is 25.5 Å². The molecule has 0 heterocycles. The van der Waals surface area contributed by atoms with Gasteiger partial charge in [0.1, 0.15) is 5.75 Å². The van der Waals surface area contributed by atoms with Gasteiger partial charge in [-0.2, -0.15) is 8.78 Å². The first-order valence-corrected chi connectivity index (χ1v) is 6.03. The van der Waals surface area contributed by atoms with Crippen molar-refractivity contribution in [3.05, 3.63) is 23.2 Å². The number of hydrogen-bond acceptors (Lipinski definition) is 3. The number of likely N-dealkylation sites (N-methyl/N-ethyl adjacent to an activating group) is 1. The Morgan fingerprint density at radius 1 is 1.53 bits per heavy atom. The Morgan fingerprint density at radius 3 is 2.74 bits per heavy atom. The van der Waals surface area contributed by atoms with E-state index in [1.54, 1.807) is 0 Å². The molecule has 1 N–H and O–H groups in total. The molecule has 0 fully saturated rings. The van der Waals surface area contributed by atoms with Gasteiger partial charge in [0.05, 0.1) is 11.6 Å². The van der Waals surface area contributed by atoms with Gasteiger partial charge in [0.15, 0.2) is 0 Å². The molecule has 1 aromatic rings. The molecular weight excluding hydrogens is 278 g/mol. The second-order valence-electron chi connectivity index (χ2n) is 3.90. The Balaban J connectivity index is 2.65. The summed E-state index contributed by atoms with van der Waals surface area (Å²) in [6.07, 6.45) is 0. The van der Waals surface area contributed by atoms with Crippen LogP contribution in [-0.2, 0) is 4.79 Å². The van der Waals surface area contributed by atoms with E-state index in [2.05, 4.69) is 10.1 Å². The largest absolute Gasteiger partial charge is 0.433 e. The Morgan fingerprint density at radius 2 is 2.21 bits per heavy atom. The number of alkyl halides is 2. The molecule has 106 valence electrons. The van der Waals surface area contributed by atoms with Crippen LogP contribution in [0.25, 0.3) is 0 Å². The summed E-state index contributed by atoms with van der Waals surface area (Å²) in [6.45, 7) is -0.0181. The average Bonchev–Trinajstić information content (AvgIpc) is 2.32. The molecule has 0 saturated heterocycles. The standard InChI is InChI=1S/C12H15ClF2N2O2/c1-3-17(2)7-11(18)16-8-4-5-10(9(13)6-8)19-12(14)15/h4-6,12H,3,7H2,1-2H3,(H,16,18). The second-order valence-corrected chi connectivity index (χ2v) is 4.31. The Bertz CT molecular complexity index is 444. The Labute approximate surface area is 115 Å². The van der Waals surface area contributed by atoms with Crippen molar-refractivity contribution in [3.63, 3.8) is 0 Å². The van der Waals surface area contributed by atoms with E-state index in [-0.39, 0.29) is 23.2 Å². The van der Waals surface area contributed by atoms with Gasteiger partial charge in [-0.25, -0.2) is 0 Å². The van der Waals surface area contributed by atoms with Crippen LogP contribution in [0.4, 0.5) is 14.5 Å². The van der Waals surface area contributed by atoms with Gasteiger partial charge >= 0.3 is 6.61 Å². The number of nitrogens with one attached hydrogen (secondary N) is 1. The van der Waals surface area contributed by atoms with E-state index in [1.807, 2.05) is 18.9 Å². The molecular formula is C12H15ClF2N2O2. The van der Waals surface area contributed by atoms with Crippen LogP contribution >= 0.6 is 11.6 Å². The highest BCUT2D eigenvalue weighted by molar-refractivity contribution is 6.32. The van der Waals surface area contributed by atoms with E-state index in [0.29, 0.717) is 5.69 Å². The molecule has 4 nitrogen and oxygen atoms in total. The highest BCUT2D eigenvalue weighted by Crippen LogP contribution is 2.28. The minimum atomic E-state index is -2.93. The molecule has 0 saturated carbocycles. The van der Waals surface area contributed by atoms with E-state index >= 15 is 0 Å². The minimum Gasteiger partial charge on any atom is -0.433 e. The summed E-state index contributed by atoms with van der Waals surface area (Å²) >= 11 is 5.77. The molecule has 0 aromatic heterocycles. The van der Waals surface area contributed by atoms with Crippen LogP contribution in [0.1, 0.15) is 6.92 Å². The molecule has 0 aliphatic rings. The first-order chi connectivity index (χ1) is 8.92. The van der Waals surface area contributed by atoms with E-state index in [1.165, 1.54) is 18.2 Å². The molecule has 19 heavy (non-hydrogen) atoms. The minimum absolute atomic E-state index is 0.0157. The summed E-state index contributed by atoms with van der Waals surface area (Å²) < 4.78 is 28.3. The van der Waals surface area contributed by atoms with E-state index in [4.69, 9.17) is 11.6 Å². The number of benzene rings is 1. The van der Waals surface area contributed by atoms with Crippen molar-refractivity contribution in [1.29, 1.82) is 0 Å². The molecule has 0 aliphatic carbocycles. The third-order valence-electron chi connectivity index (χ3n) is 2.39. The van der Waals surface area contributed by atoms with Gasteiger partial charge in [0.25, 0.3) is 0 Å². The van der Waals surface area contributed by atoms with Crippen LogP contribution in [0.2, 0.25) is 5.02 Å². The average molecular weight is 293 g/mol. The molecule has 0 spiro atoms. The molecule has 0 unspecified atom stereocenters. The van der Waals surface area contributed by atoms with Crippen LogP contribution in [0, 0.1) is 0 Å². The number of ether oxygens (including phenoxy) is 1. The SMILES string of the molecule is CCN(C)CC(=O)Nc1ccc(OC(F)F)c(Cl)c1. The first kappa shape index (κ1) is 15.7. The highest BCUT2D eigenvalue weighted by Gasteiger charge is 2.10. The van der Waals surface area contributed by atoms with Crippen molar-refractivity contribution < 1.29 is 18.3 Å². The van der Waals surface area contributed by atoms with Crippen LogP contribution in [-0.4, -0.2) is 37.6 Å². The summed E-state index contributed by atoms with van der Waals surface area (Å²) in [5.74, 6) is -0.330. The van der Waals surface area contributed by atoms with Crippen molar-refractivity contribution in [3.8, 4) is 5.75 Å². The van der Waals surface area contributed by atoms with Crippen molar-refractivity contribution in [2.45, 2.75) is 13.5 Å². The highest BCUT2D eigenvalue weighted by atomic mass is 35.5. The Kier molecular flexibility index (Phi) is 5.98. The molecule has 1 aromatic carbocycles. The lowest BCUT2D eigenvalue weighted by atomic mass is 10.3. The molecule has 0 atom stereocenters. The summed E-state index contributed by atoms with van der Waals surface area (Å²) in [5.41, 5.74) is 0.432. The molecule has 0 radical (unpaired) electrons. The van der Waals surface area contributed by atoms with Gasteiger partial charge in [0, 0.05) is 5.69 Å². The zero-order chi connectivity index (χ0) is 14.4. The second kappa shape index (κ2) is 7.25. The number of rotatable bonds is 6. The summed E-state index contributed by atoms with van der Waals surface area (Å²) in [5, 5.41) is 2.64. The predicted molar refractivity (Wildman–Crippen MR) is 69.9 cm³/mol.